The summed E-state index contributed by atoms with van der Waals surface area (Å²) in [5, 5.41) is 0. The van der Waals surface area contributed by atoms with Crippen LogP contribution in [0.25, 0.3) is 0 Å². The number of ether oxygens (including phenoxy) is 2. The fraction of sp³-hybridized carbons (Fsp3) is 0.625. The number of hydrogen-bond acceptors (Lipinski definition) is 4. The summed E-state index contributed by atoms with van der Waals surface area (Å²) in [6, 6.07) is 4.70. The van der Waals surface area contributed by atoms with E-state index in [0.29, 0.717) is 24.7 Å². The van der Waals surface area contributed by atoms with Gasteiger partial charge in [0.2, 0.25) is 6.79 Å². The van der Waals surface area contributed by atoms with E-state index in [2.05, 4.69) is 31.9 Å². The van der Waals surface area contributed by atoms with Crippen molar-refractivity contribution in [2.75, 3.05) is 26.9 Å². The van der Waals surface area contributed by atoms with Gasteiger partial charge in [-0.1, -0.05) is 19.9 Å². The fourth-order valence-electron chi connectivity index (χ4n) is 3.54. The highest BCUT2D eigenvalue weighted by atomic mass is 16.7. The molecule has 1 aromatic carbocycles. The number of rotatable bonds is 3. The van der Waals surface area contributed by atoms with Gasteiger partial charge in [-0.25, -0.2) is 0 Å². The highest BCUT2D eigenvalue weighted by molar-refractivity contribution is 5.54. The maximum Gasteiger partial charge on any atom is 0.231 e. The number of hydrogen-bond donors (Lipinski definition) is 1. The summed E-state index contributed by atoms with van der Waals surface area (Å²) >= 11 is 0. The van der Waals surface area contributed by atoms with Crippen molar-refractivity contribution in [3.63, 3.8) is 0 Å². The first kappa shape index (κ1) is 13.7. The van der Waals surface area contributed by atoms with E-state index in [-0.39, 0.29) is 0 Å². The molecule has 0 bridgehead atoms. The van der Waals surface area contributed by atoms with Crippen molar-refractivity contribution in [1.29, 1.82) is 0 Å². The quantitative estimate of drug-likeness (QED) is 0.921. The molecule has 1 aromatic rings. The third kappa shape index (κ3) is 2.17. The van der Waals surface area contributed by atoms with Crippen molar-refractivity contribution in [1.82, 2.24) is 4.90 Å². The molecule has 0 radical (unpaired) electrons. The number of fused-ring (bicyclic) bond motifs is 1. The Hall–Kier alpha value is -1.26. The molecule has 0 aliphatic carbocycles. The van der Waals surface area contributed by atoms with Crippen molar-refractivity contribution >= 4 is 0 Å². The second-order valence-electron chi connectivity index (χ2n) is 6.25. The molecule has 1 saturated heterocycles. The Balaban J connectivity index is 2.01. The van der Waals surface area contributed by atoms with Crippen LogP contribution in [0.1, 0.15) is 43.4 Å². The third-order valence-corrected chi connectivity index (χ3v) is 4.52. The van der Waals surface area contributed by atoms with E-state index in [1.807, 2.05) is 6.07 Å². The van der Waals surface area contributed by atoms with Gasteiger partial charge in [0, 0.05) is 18.2 Å². The summed E-state index contributed by atoms with van der Waals surface area (Å²) in [6.07, 6.45) is 1.13. The third-order valence-electron chi connectivity index (χ3n) is 4.52. The summed E-state index contributed by atoms with van der Waals surface area (Å²) in [4.78, 5) is 2.42. The molecule has 20 heavy (non-hydrogen) atoms. The molecule has 4 heteroatoms. The molecule has 2 aliphatic heterocycles. The first-order chi connectivity index (χ1) is 9.61. The fourth-order valence-corrected chi connectivity index (χ4v) is 3.54. The van der Waals surface area contributed by atoms with Crippen LogP contribution in [-0.4, -0.2) is 31.8 Å². The SMILES string of the molecule is CC(C)c1c(C2CC(CN)CN2C)ccc2c1OCO2. The molecule has 1 fully saturated rings. The number of likely N-dealkylation sites (tertiary alicyclic amines) is 1. The van der Waals surface area contributed by atoms with Crippen LogP contribution in [-0.2, 0) is 0 Å². The van der Waals surface area contributed by atoms with Crippen molar-refractivity contribution in [3.05, 3.63) is 23.3 Å². The van der Waals surface area contributed by atoms with Gasteiger partial charge in [0.15, 0.2) is 11.5 Å². The molecular formula is C16H24N2O2. The lowest BCUT2D eigenvalue weighted by atomic mass is 9.89. The Bertz CT molecular complexity index is 501. The van der Waals surface area contributed by atoms with Gasteiger partial charge in [0.1, 0.15) is 0 Å². The van der Waals surface area contributed by atoms with E-state index in [1.54, 1.807) is 0 Å². The number of nitrogens with two attached hydrogens (primary N) is 1. The smallest absolute Gasteiger partial charge is 0.231 e. The van der Waals surface area contributed by atoms with Gasteiger partial charge in [-0.3, -0.25) is 4.90 Å². The van der Waals surface area contributed by atoms with Crippen molar-refractivity contribution in [2.45, 2.75) is 32.2 Å². The van der Waals surface area contributed by atoms with Gasteiger partial charge in [-0.05, 0) is 43.5 Å². The van der Waals surface area contributed by atoms with Gasteiger partial charge in [0.05, 0.1) is 0 Å². The highest BCUT2D eigenvalue weighted by Crippen LogP contribution is 2.46. The standard InChI is InChI=1S/C16H24N2O2/c1-10(2)15-12(4-5-14-16(15)20-9-19-14)13-6-11(7-17)8-18(13)3/h4-5,10-11,13H,6-9,17H2,1-3H3. The Kier molecular flexibility index (Phi) is 3.61. The molecular weight excluding hydrogens is 252 g/mol. The van der Waals surface area contributed by atoms with Crippen LogP contribution >= 0.6 is 0 Å². The molecule has 3 rings (SSSR count). The van der Waals surface area contributed by atoms with E-state index >= 15 is 0 Å². The molecule has 0 spiro atoms. The minimum absolute atomic E-state index is 0.338. The highest BCUT2D eigenvalue weighted by Gasteiger charge is 2.34. The average molecular weight is 276 g/mol. The summed E-state index contributed by atoms with van der Waals surface area (Å²) in [6.45, 7) is 6.62. The number of nitrogens with zero attached hydrogens (tertiary/aromatic N) is 1. The van der Waals surface area contributed by atoms with E-state index in [4.69, 9.17) is 15.2 Å². The van der Waals surface area contributed by atoms with Crippen molar-refractivity contribution in [2.24, 2.45) is 11.7 Å². The van der Waals surface area contributed by atoms with E-state index in [0.717, 1.165) is 31.0 Å². The van der Waals surface area contributed by atoms with Crippen LogP contribution in [0.4, 0.5) is 0 Å². The first-order valence-electron chi connectivity index (χ1n) is 7.44. The molecule has 0 saturated carbocycles. The van der Waals surface area contributed by atoms with Crippen LogP contribution in [0.15, 0.2) is 12.1 Å². The van der Waals surface area contributed by atoms with Gasteiger partial charge >= 0.3 is 0 Å². The Labute approximate surface area is 120 Å². The van der Waals surface area contributed by atoms with Crippen molar-refractivity contribution < 1.29 is 9.47 Å². The van der Waals surface area contributed by atoms with Crippen LogP contribution in [0.5, 0.6) is 11.5 Å². The summed E-state index contributed by atoms with van der Waals surface area (Å²) in [5.41, 5.74) is 8.53. The van der Waals surface area contributed by atoms with E-state index in [1.165, 1.54) is 11.1 Å². The first-order valence-corrected chi connectivity index (χ1v) is 7.44. The summed E-state index contributed by atoms with van der Waals surface area (Å²) < 4.78 is 11.2. The zero-order chi connectivity index (χ0) is 14.3. The normalized spacial score (nSPS) is 25.6. The van der Waals surface area contributed by atoms with Crippen LogP contribution in [0, 0.1) is 5.92 Å². The van der Waals surface area contributed by atoms with Crippen LogP contribution in [0.2, 0.25) is 0 Å². The largest absolute Gasteiger partial charge is 0.454 e. The Morgan fingerprint density at radius 2 is 2.15 bits per heavy atom. The van der Waals surface area contributed by atoms with Gasteiger partial charge in [-0.15, -0.1) is 0 Å². The Morgan fingerprint density at radius 3 is 2.80 bits per heavy atom. The minimum Gasteiger partial charge on any atom is -0.454 e. The molecule has 2 unspecified atom stereocenters. The zero-order valence-electron chi connectivity index (χ0n) is 12.6. The molecule has 2 N–H and O–H groups in total. The van der Waals surface area contributed by atoms with E-state index < -0.39 is 0 Å². The Morgan fingerprint density at radius 1 is 1.35 bits per heavy atom. The lowest BCUT2D eigenvalue weighted by Crippen LogP contribution is -2.21. The molecule has 0 aromatic heterocycles. The van der Waals surface area contributed by atoms with E-state index in [9.17, 15) is 0 Å². The second kappa shape index (κ2) is 5.26. The molecule has 2 heterocycles. The molecule has 0 amide bonds. The topological polar surface area (TPSA) is 47.7 Å². The maximum atomic E-state index is 5.85. The molecule has 2 atom stereocenters. The van der Waals surface area contributed by atoms with Crippen LogP contribution in [0.3, 0.4) is 0 Å². The molecule has 4 nitrogen and oxygen atoms in total. The van der Waals surface area contributed by atoms with Gasteiger partial charge < -0.3 is 15.2 Å². The number of benzene rings is 1. The summed E-state index contributed by atoms with van der Waals surface area (Å²) in [7, 11) is 2.19. The molecule has 2 aliphatic rings. The lowest BCUT2D eigenvalue weighted by molar-refractivity contribution is 0.173. The lowest BCUT2D eigenvalue weighted by Gasteiger charge is -2.25. The predicted molar refractivity (Wildman–Crippen MR) is 79.2 cm³/mol. The van der Waals surface area contributed by atoms with Gasteiger partial charge in [0.25, 0.3) is 0 Å². The second-order valence-corrected chi connectivity index (χ2v) is 6.25. The minimum atomic E-state index is 0.338. The maximum absolute atomic E-state index is 5.85. The van der Waals surface area contributed by atoms with Gasteiger partial charge in [-0.2, -0.15) is 0 Å². The zero-order valence-corrected chi connectivity index (χ0v) is 12.6. The molecule has 110 valence electrons. The average Bonchev–Trinajstić information content (AvgIpc) is 3.02. The summed E-state index contributed by atoms with van der Waals surface area (Å²) in [5.74, 6) is 2.85. The van der Waals surface area contributed by atoms with Crippen LogP contribution < -0.4 is 15.2 Å². The predicted octanol–water partition coefficient (Wildman–Crippen LogP) is 2.49. The van der Waals surface area contributed by atoms with Crippen molar-refractivity contribution in [3.8, 4) is 11.5 Å². The monoisotopic (exact) mass is 276 g/mol.